The van der Waals surface area contributed by atoms with Gasteiger partial charge in [0.2, 0.25) is 0 Å². The summed E-state index contributed by atoms with van der Waals surface area (Å²) in [5, 5.41) is 5.01. The van der Waals surface area contributed by atoms with E-state index in [-0.39, 0.29) is 4.90 Å². The number of aromatic nitrogens is 3. The van der Waals surface area contributed by atoms with Crippen LogP contribution in [0.5, 0.6) is 11.5 Å². The zero-order valence-electron chi connectivity index (χ0n) is 16.3. The summed E-state index contributed by atoms with van der Waals surface area (Å²) < 4.78 is 35.4. The number of aryl methyl sites for hydroxylation is 2. The molecular formula is C21H20N4O3S. The first kappa shape index (κ1) is 18.9. The third kappa shape index (κ3) is 3.42. The summed E-state index contributed by atoms with van der Waals surface area (Å²) in [7, 11) is -0.572. The summed E-state index contributed by atoms with van der Waals surface area (Å²) in [6.07, 6.45) is 1.36. The first-order chi connectivity index (χ1) is 13.9. The van der Waals surface area contributed by atoms with Crippen LogP contribution < -0.4 is 9.04 Å². The van der Waals surface area contributed by atoms with Crippen molar-refractivity contribution in [3.63, 3.8) is 0 Å². The van der Waals surface area contributed by atoms with Gasteiger partial charge in [-0.15, -0.1) is 0 Å². The number of nitrogens with zero attached hydrogens (tertiary/aromatic N) is 4. The van der Waals surface area contributed by atoms with Gasteiger partial charge in [0.25, 0.3) is 10.0 Å². The number of pyridine rings is 1. The van der Waals surface area contributed by atoms with Crippen LogP contribution in [0.1, 0.15) is 5.69 Å². The van der Waals surface area contributed by atoms with Gasteiger partial charge in [-0.25, -0.2) is 13.4 Å². The molecule has 0 atom stereocenters. The molecule has 2 heterocycles. The van der Waals surface area contributed by atoms with E-state index in [0.717, 1.165) is 5.69 Å². The molecule has 0 unspecified atom stereocenters. The number of rotatable bonds is 5. The van der Waals surface area contributed by atoms with Crippen molar-refractivity contribution >= 4 is 26.7 Å². The van der Waals surface area contributed by atoms with Gasteiger partial charge in [0.15, 0.2) is 11.4 Å². The van der Waals surface area contributed by atoms with Gasteiger partial charge >= 0.3 is 0 Å². The largest absolute Gasteiger partial charge is 0.455 e. The lowest BCUT2D eigenvalue weighted by molar-refractivity contribution is 0.483. The zero-order valence-corrected chi connectivity index (χ0v) is 17.1. The van der Waals surface area contributed by atoms with Crippen molar-refractivity contribution in [2.24, 2.45) is 7.05 Å². The molecule has 4 aromatic rings. The molecule has 0 amide bonds. The van der Waals surface area contributed by atoms with Gasteiger partial charge in [0, 0.05) is 25.7 Å². The second-order valence-electron chi connectivity index (χ2n) is 6.61. The number of benzene rings is 2. The maximum Gasteiger partial charge on any atom is 0.265 e. The number of anilines is 1. The zero-order chi connectivity index (χ0) is 20.6. The molecule has 2 aromatic heterocycles. The van der Waals surface area contributed by atoms with E-state index in [1.54, 1.807) is 42.1 Å². The Hall–Kier alpha value is -3.39. The van der Waals surface area contributed by atoms with Crippen LogP contribution in [0.4, 0.5) is 5.69 Å². The molecule has 0 spiro atoms. The molecule has 0 saturated carbocycles. The smallest absolute Gasteiger partial charge is 0.265 e. The van der Waals surface area contributed by atoms with Gasteiger partial charge < -0.3 is 4.74 Å². The Bertz CT molecular complexity index is 1280. The second kappa shape index (κ2) is 7.21. The Morgan fingerprint density at radius 1 is 1.03 bits per heavy atom. The van der Waals surface area contributed by atoms with Crippen LogP contribution in [-0.2, 0) is 17.1 Å². The fourth-order valence-electron chi connectivity index (χ4n) is 3.14. The van der Waals surface area contributed by atoms with Crippen LogP contribution in [0.2, 0.25) is 0 Å². The van der Waals surface area contributed by atoms with Gasteiger partial charge in [0.05, 0.1) is 11.4 Å². The molecule has 0 aliphatic carbocycles. The molecule has 0 saturated heterocycles. The molecule has 7 nitrogen and oxygen atoms in total. The lowest BCUT2D eigenvalue weighted by Crippen LogP contribution is -2.27. The normalized spacial score (nSPS) is 11.6. The lowest BCUT2D eigenvalue weighted by atomic mass is 10.3. The predicted molar refractivity (Wildman–Crippen MR) is 112 cm³/mol. The number of sulfonamides is 1. The first-order valence-electron chi connectivity index (χ1n) is 8.98. The first-order valence-corrected chi connectivity index (χ1v) is 10.4. The van der Waals surface area contributed by atoms with E-state index in [1.807, 2.05) is 37.3 Å². The quantitative estimate of drug-likeness (QED) is 0.501. The molecule has 29 heavy (non-hydrogen) atoms. The van der Waals surface area contributed by atoms with Gasteiger partial charge in [-0.1, -0.05) is 30.3 Å². The molecule has 0 aliphatic rings. The minimum absolute atomic E-state index is 0.0955. The number of ether oxygens (including phenoxy) is 1. The third-order valence-corrected chi connectivity index (χ3v) is 6.41. The highest BCUT2D eigenvalue weighted by molar-refractivity contribution is 7.92. The SMILES string of the molecule is Cc1nn(C)c2ncc(S(=O)(=O)N(C)c3ccccc3Oc3ccccc3)cc12. The van der Waals surface area contributed by atoms with Crippen molar-refractivity contribution < 1.29 is 13.2 Å². The fourth-order valence-corrected chi connectivity index (χ4v) is 4.32. The maximum absolute atomic E-state index is 13.3. The van der Waals surface area contributed by atoms with Crippen LogP contribution in [-0.4, -0.2) is 30.2 Å². The average molecular weight is 408 g/mol. The van der Waals surface area contributed by atoms with E-state index in [4.69, 9.17) is 4.74 Å². The highest BCUT2D eigenvalue weighted by atomic mass is 32.2. The van der Waals surface area contributed by atoms with E-state index >= 15 is 0 Å². The van der Waals surface area contributed by atoms with E-state index < -0.39 is 10.0 Å². The Morgan fingerprint density at radius 3 is 2.48 bits per heavy atom. The Labute approximate surface area is 169 Å². The molecule has 0 N–H and O–H groups in total. The van der Waals surface area contributed by atoms with E-state index in [1.165, 1.54) is 17.5 Å². The molecule has 0 bridgehead atoms. The van der Waals surface area contributed by atoms with E-state index in [0.29, 0.717) is 28.2 Å². The number of hydrogen-bond donors (Lipinski definition) is 0. The number of hydrogen-bond acceptors (Lipinski definition) is 5. The van der Waals surface area contributed by atoms with Crippen molar-refractivity contribution in [1.82, 2.24) is 14.8 Å². The topological polar surface area (TPSA) is 77.3 Å². The summed E-state index contributed by atoms with van der Waals surface area (Å²) in [5.74, 6) is 1.07. The van der Waals surface area contributed by atoms with Crippen molar-refractivity contribution in [3.05, 3.63) is 72.6 Å². The summed E-state index contributed by atoms with van der Waals surface area (Å²) in [6.45, 7) is 1.83. The molecule has 2 aromatic carbocycles. The molecular weight excluding hydrogens is 388 g/mol. The van der Waals surface area contributed by atoms with Gasteiger partial charge in [-0.3, -0.25) is 8.99 Å². The van der Waals surface area contributed by atoms with Crippen molar-refractivity contribution in [3.8, 4) is 11.5 Å². The molecule has 0 radical (unpaired) electrons. The highest BCUT2D eigenvalue weighted by Crippen LogP contribution is 2.34. The van der Waals surface area contributed by atoms with Crippen LogP contribution in [0, 0.1) is 6.92 Å². The molecule has 0 aliphatic heterocycles. The van der Waals surface area contributed by atoms with Crippen LogP contribution in [0.25, 0.3) is 11.0 Å². The van der Waals surface area contributed by atoms with Crippen molar-refractivity contribution in [2.45, 2.75) is 11.8 Å². The van der Waals surface area contributed by atoms with Gasteiger partial charge in [-0.05, 0) is 37.3 Å². The van der Waals surface area contributed by atoms with Crippen molar-refractivity contribution in [1.29, 1.82) is 0 Å². The van der Waals surface area contributed by atoms with E-state index in [2.05, 4.69) is 10.1 Å². The highest BCUT2D eigenvalue weighted by Gasteiger charge is 2.25. The summed E-state index contributed by atoms with van der Waals surface area (Å²) in [5.41, 5.74) is 1.79. The monoisotopic (exact) mass is 408 g/mol. The second-order valence-corrected chi connectivity index (χ2v) is 8.58. The summed E-state index contributed by atoms with van der Waals surface area (Å²) in [4.78, 5) is 4.39. The van der Waals surface area contributed by atoms with Crippen LogP contribution in [0.3, 0.4) is 0 Å². The minimum Gasteiger partial charge on any atom is -0.455 e. The summed E-state index contributed by atoms with van der Waals surface area (Å²) >= 11 is 0. The lowest BCUT2D eigenvalue weighted by Gasteiger charge is -2.22. The van der Waals surface area contributed by atoms with Crippen LogP contribution in [0.15, 0.2) is 71.8 Å². The maximum atomic E-state index is 13.3. The molecule has 8 heteroatoms. The van der Waals surface area contributed by atoms with Gasteiger partial charge in [0.1, 0.15) is 10.6 Å². The molecule has 0 fully saturated rings. The average Bonchev–Trinajstić information content (AvgIpc) is 3.02. The van der Waals surface area contributed by atoms with Crippen molar-refractivity contribution in [2.75, 3.05) is 11.4 Å². The Morgan fingerprint density at radius 2 is 1.72 bits per heavy atom. The minimum atomic E-state index is -3.85. The van der Waals surface area contributed by atoms with Gasteiger partial charge in [-0.2, -0.15) is 5.10 Å². The van der Waals surface area contributed by atoms with Crippen LogP contribution >= 0.6 is 0 Å². The predicted octanol–water partition coefficient (Wildman–Crippen LogP) is 3.89. The molecule has 4 rings (SSSR count). The Balaban J connectivity index is 1.74. The third-order valence-electron chi connectivity index (χ3n) is 4.67. The number of fused-ring (bicyclic) bond motifs is 1. The molecule has 148 valence electrons. The Kier molecular flexibility index (Phi) is 4.71. The fraction of sp³-hybridized carbons (Fsp3) is 0.143. The standard InChI is InChI=1S/C21H20N4O3S/c1-15-18-13-17(14-22-21(18)24(2)23-15)29(26,27)25(3)19-11-7-8-12-20(19)28-16-9-5-4-6-10-16/h4-14H,1-3H3. The van der Waals surface area contributed by atoms with E-state index in [9.17, 15) is 8.42 Å². The summed E-state index contributed by atoms with van der Waals surface area (Å²) in [6, 6.07) is 17.8. The number of para-hydroxylation sites is 3.